The number of allylic oxidation sites excluding steroid dienone is 2. The number of hydrogen-bond donors (Lipinski definition) is 2. The van der Waals surface area contributed by atoms with Gasteiger partial charge in [0, 0.05) is 17.5 Å². The zero-order valence-electron chi connectivity index (χ0n) is 21.4. The summed E-state index contributed by atoms with van der Waals surface area (Å²) in [5.41, 5.74) is 0. The lowest BCUT2D eigenvalue weighted by Crippen LogP contribution is -2.45. The molecule has 2 amide bonds. The number of carbonyl (C=O) groups is 3. The third kappa shape index (κ3) is 15.1. The molecular weight excluding hydrogens is 398 g/mol. The van der Waals surface area contributed by atoms with Crippen LogP contribution in [0.2, 0.25) is 0 Å². The number of nitrogens with one attached hydrogen (secondary N) is 1. The molecular formula is C23H39N3O5. The third-order valence-electron chi connectivity index (χ3n) is 4.97. The van der Waals surface area contributed by atoms with E-state index >= 15 is 0 Å². The highest BCUT2D eigenvalue weighted by molar-refractivity contribution is 6.01. The Morgan fingerprint density at radius 3 is 2.19 bits per heavy atom. The normalized spacial score (nSPS) is 24.6. The average molecular weight is 441 g/mol. The maximum absolute atomic E-state index is 12.3. The molecule has 0 unspecified atom stereocenters. The van der Waals surface area contributed by atoms with E-state index < -0.39 is 37.4 Å². The molecule has 8 heteroatoms. The number of nitrogens with zero attached hydrogens (tertiary/aromatic N) is 2. The summed E-state index contributed by atoms with van der Waals surface area (Å²) in [4.78, 5) is 39.4. The van der Waals surface area contributed by atoms with Crippen LogP contribution in [-0.2, 0) is 14.3 Å². The molecule has 0 aliphatic carbocycles. The Morgan fingerprint density at radius 1 is 1.00 bits per heavy atom. The number of carbonyl (C=O) groups excluding carboxylic acids is 2. The largest absolute Gasteiger partial charge is 0.464 e. The number of hydrogen-bond acceptors (Lipinski definition) is 4. The first-order valence-corrected chi connectivity index (χ1v) is 11.4. The number of cyclic esters (lactones) is 1. The molecule has 0 saturated heterocycles. The highest BCUT2D eigenvalue weighted by Crippen LogP contribution is 2.10. The van der Waals surface area contributed by atoms with Gasteiger partial charge in [0.1, 0.15) is 6.54 Å². The van der Waals surface area contributed by atoms with Crippen LogP contribution < -0.4 is 5.32 Å². The fourth-order valence-corrected chi connectivity index (χ4v) is 3.25. The summed E-state index contributed by atoms with van der Waals surface area (Å²) >= 11 is 0. The van der Waals surface area contributed by atoms with E-state index in [-0.39, 0.29) is 13.0 Å². The Labute approximate surface area is 190 Å². The van der Waals surface area contributed by atoms with Crippen LogP contribution in [0.4, 0.5) is 4.79 Å². The molecule has 0 atom stereocenters. The van der Waals surface area contributed by atoms with E-state index in [0.717, 1.165) is 64.2 Å². The number of aliphatic imine (C=N–C) groups is 1. The van der Waals surface area contributed by atoms with Gasteiger partial charge in [0.2, 0.25) is 11.9 Å². The quantitative estimate of drug-likeness (QED) is 0.419. The van der Waals surface area contributed by atoms with E-state index in [1.165, 1.54) is 6.42 Å². The fraction of sp³-hybridized carbons (Fsp3) is 0.739. The minimum atomic E-state index is -2.90. The maximum atomic E-state index is 12.3. The van der Waals surface area contributed by atoms with E-state index in [4.69, 9.17) is 14.0 Å². The minimum absolute atomic E-state index is 0.0951. The Morgan fingerprint density at radius 2 is 1.58 bits per heavy atom. The number of amides is 2. The van der Waals surface area contributed by atoms with Crippen LogP contribution in [0, 0.1) is 0 Å². The van der Waals surface area contributed by atoms with E-state index in [2.05, 4.69) is 22.5 Å². The number of ether oxygens (including phenoxy) is 1. The van der Waals surface area contributed by atoms with Crippen LogP contribution in [0.5, 0.6) is 0 Å². The molecule has 0 fully saturated rings. The Balaban J connectivity index is 2.80. The average Bonchev–Trinajstić information content (AvgIpc) is 2.74. The van der Waals surface area contributed by atoms with Gasteiger partial charge in [-0.3, -0.25) is 14.9 Å². The fourth-order valence-electron chi connectivity index (χ4n) is 3.25. The monoisotopic (exact) mass is 440 g/mol. The SMILES string of the molecule is [2H]C([2H])([2H])N1CC(=O)OCCCCCCCC/C=C/CCCCCCCC(=O)NC1=NC(=O)O. The van der Waals surface area contributed by atoms with Gasteiger partial charge in [0.15, 0.2) is 0 Å². The number of guanidine groups is 1. The number of esters is 1. The van der Waals surface area contributed by atoms with Gasteiger partial charge in [0.05, 0.1) is 6.61 Å². The molecule has 1 aliphatic heterocycles. The zero-order chi connectivity index (χ0) is 25.2. The first kappa shape index (κ1) is 21.8. The predicted molar refractivity (Wildman–Crippen MR) is 121 cm³/mol. The summed E-state index contributed by atoms with van der Waals surface area (Å²) in [7, 11) is 0. The Hall–Kier alpha value is -2.38. The summed E-state index contributed by atoms with van der Waals surface area (Å²) in [6.45, 7) is -3.51. The molecule has 1 heterocycles. The van der Waals surface area contributed by atoms with E-state index in [0.29, 0.717) is 17.7 Å². The molecule has 8 nitrogen and oxygen atoms in total. The van der Waals surface area contributed by atoms with Gasteiger partial charge in [0.25, 0.3) is 0 Å². The summed E-state index contributed by atoms with van der Waals surface area (Å²) in [6.07, 6.45) is 15.6. The molecule has 0 aromatic heterocycles. The van der Waals surface area contributed by atoms with Crippen LogP contribution in [0.25, 0.3) is 0 Å². The second-order valence-electron chi connectivity index (χ2n) is 7.76. The molecule has 0 saturated carbocycles. The zero-order valence-corrected chi connectivity index (χ0v) is 18.4. The lowest BCUT2D eigenvalue weighted by atomic mass is 10.1. The van der Waals surface area contributed by atoms with Gasteiger partial charge >= 0.3 is 12.1 Å². The van der Waals surface area contributed by atoms with Gasteiger partial charge in [-0.05, 0) is 38.5 Å². The lowest BCUT2D eigenvalue weighted by molar-refractivity contribution is -0.144. The topological polar surface area (TPSA) is 108 Å². The van der Waals surface area contributed by atoms with Crippen molar-refractivity contribution in [3.8, 4) is 0 Å². The van der Waals surface area contributed by atoms with Crippen molar-refractivity contribution in [3.63, 3.8) is 0 Å². The van der Waals surface area contributed by atoms with E-state index in [9.17, 15) is 14.4 Å². The second-order valence-corrected chi connectivity index (χ2v) is 7.76. The highest BCUT2D eigenvalue weighted by Gasteiger charge is 2.16. The molecule has 2 N–H and O–H groups in total. The van der Waals surface area contributed by atoms with E-state index in [1.807, 2.05) is 0 Å². The molecule has 0 aromatic rings. The predicted octanol–water partition coefficient (Wildman–Crippen LogP) is 4.64. The van der Waals surface area contributed by atoms with Crippen molar-refractivity contribution < 1.29 is 28.3 Å². The molecule has 0 aromatic carbocycles. The third-order valence-corrected chi connectivity index (χ3v) is 4.97. The summed E-state index contributed by atoms with van der Waals surface area (Å²) in [5.74, 6) is -2.08. The lowest BCUT2D eigenvalue weighted by Gasteiger charge is -2.20. The van der Waals surface area contributed by atoms with Crippen molar-refractivity contribution in [1.82, 2.24) is 10.2 Å². The maximum Gasteiger partial charge on any atom is 0.434 e. The highest BCUT2D eigenvalue weighted by atomic mass is 16.5. The van der Waals surface area contributed by atoms with Gasteiger partial charge in [-0.25, -0.2) is 4.79 Å². The minimum Gasteiger partial charge on any atom is -0.464 e. The molecule has 1 rings (SSSR count). The van der Waals surface area contributed by atoms with Crippen molar-refractivity contribution >= 4 is 23.9 Å². The Bertz CT molecular complexity index is 696. The second kappa shape index (κ2) is 17.3. The molecule has 0 spiro atoms. The van der Waals surface area contributed by atoms with Crippen LogP contribution in [0.1, 0.15) is 94.0 Å². The van der Waals surface area contributed by atoms with Gasteiger partial charge in [-0.2, -0.15) is 0 Å². The molecule has 0 bridgehead atoms. The van der Waals surface area contributed by atoms with Crippen LogP contribution in [0.15, 0.2) is 17.1 Å². The van der Waals surface area contributed by atoms with Crippen molar-refractivity contribution in [2.45, 2.75) is 89.9 Å². The number of likely N-dealkylation sites (N-methyl/N-ethyl adjacent to an activating group) is 1. The van der Waals surface area contributed by atoms with Crippen molar-refractivity contribution in [1.29, 1.82) is 0 Å². The van der Waals surface area contributed by atoms with Crippen LogP contribution in [-0.4, -0.2) is 54.1 Å². The van der Waals surface area contributed by atoms with Crippen molar-refractivity contribution in [2.75, 3.05) is 20.1 Å². The van der Waals surface area contributed by atoms with Gasteiger partial charge < -0.3 is 14.7 Å². The Kier molecular flexibility index (Phi) is 12.2. The summed E-state index contributed by atoms with van der Waals surface area (Å²) in [5, 5.41) is 11.3. The van der Waals surface area contributed by atoms with E-state index in [1.54, 1.807) is 0 Å². The molecule has 176 valence electrons. The smallest absolute Gasteiger partial charge is 0.434 e. The van der Waals surface area contributed by atoms with Crippen molar-refractivity contribution in [2.24, 2.45) is 4.99 Å². The van der Waals surface area contributed by atoms with Crippen molar-refractivity contribution in [3.05, 3.63) is 12.2 Å². The standard InChI is InChI=1S/C23H39N3O5/c1-26-19-21(28)31-18-16-14-12-10-8-6-4-2-3-5-7-9-11-13-15-17-20(27)24-22(26)25-23(29)30/h2-3H,4-19H2,1H3,(H,29,30)(H,24,25,27)/b3-2+/i1D3. The number of rotatable bonds is 0. The van der Waals surface area contributed by atoms with Gasteiger partial charge in [-0.15, -0.1) is 4.99 Å². The van der Waals surface area contributed by atoms with Crippen LogP contribution >= 0.6 is 0 Å². The van der Waals surface area contributed by atoms with Crippen LogP contribution in [0.3, 0.4) is 0 Å². The molecule has 31 heavy (non-hydrogen) atoms. The summed E-state index contributed by atoms with van der Waals surface area (Å²) in [6, 6.07) is 0. The molecule has 1 aliphatic rings. The molecule has 0 radical (unpaired) electrons. The summed E-state index contributed by atoms with van der Waals surface area (Å²) < 4.78 is 28.2. The first-order chi connectivity index (χ1) is 16.2. The van der Waals surface area contributed by atoms with Gasteiger partial charge in [-0.1, -0.05) is 57.1 Å². The first-order valence-electron chi connectivity index (χ1n) is 12.9. The number of carboxylic acid groups (broad SMARTS) is 1.